The lowest BCUT2D eigenvalue weighted by atomic mass is 10.0. The smallest absolute Gasteiger partial charge is 0.226 e. The number of aromatic nitrogens is 4. The Hall–Kier alpha value is -2.38. The number of halogens is 2. The van der Waals surface area contributed by atoms with Gasteiger partial charge < -0.3 is 10.2 Å². The molecule has 2 aromatic heterocycles. The predicted molar refractivity (Wildman–Crippen MR) is 104 cm³/mol. The maximum Gasteiger partial charge on any atom is 0.226 e. The van der Waals surface area contributed by atoms with Crippen LogP contribution in [0.15, 0.2) is 36.7 Å². The quantitative estimate of drug-likeness (QED) is 0.722. The summed E-state index contributed by atoms with van der Waals surface area (Å²) in [6.07, 6.45) is 3.65. The molecule has 0 unspecified atom stereocenters. The highest BCUT2D eigenvalue weighted by Crippen LogP contribution is 2.23. The zero-order valence-corrected chi connectivity index (χ0v) is 16.0. The predicted octanol–water partition coefficient (Wildman–Crippen LogP) is 3.08. The minimum absolute atomic E-state index is 0.107. The molecular formula is C18H18Cl2N6O. The number of nitrogens with zero attached hydrogens (tertiary/aromatic N) is 5. The number of fused-ring (bicyclic) bond motifs is 1. The zero-order valence-electron chi connectivity index (χ0n) is 14.5. The number of likely N-dealkylation sites (tertiary alicyclic amines) is 1. The van der Waals surface area contributed by atoms with Gasteiger partial charge in [0.15, 0.2) is 5.65 Å². The fourth-order valence-corrected chi connectivity index (χ4v) is 3.54. The molecule has 0 spiro atoms. The lowest BCUT2D eigenvalue weighted by molar-refractivity contribution is -0.131. The number of hydrogen-bond acceptors (Lipinski definition) is 5. The van der Waals surface area contributed by atoms with Crippen molar-refractivity contribution in [3.63, 3.8) is 0 Å². The monoisotopic (exact) mass is 404 g/mol. The van der Waals surface area contributed by atoms with Crippen LogP contribution in [0.4, 0.5) is 5.82 Å². The van der Waals surface area contributed by atoms with E-state index >= 15 is 0 Å². The molecule has 9 heteroatoms. The Balaban J connectivity index is 1.31. The number of carbonyl (C=O) groups excluding carboxylic acids is 1. The number of amides is 1. The third-order valence-electron chi connectivity index (χ3n) is 4.70. The molecule has 3 heterocycles. The molecule has 0 saturated carbocycles. The molecule has 1 saturated heterocycles. The van der Waals surface area contributed by atoms with Crippen molar-refractivity contribution in [3.8, 4) is 0 Å². The summed E-state index contributed by atoms with van der Waals surface area (Å²) in [6.45, 7) is 1.43. The molecule has 0 atom stereocenters. The van der Waals surface area contributed by atoms with Crippen molar-refractivity contribution in [3.05, 3.63) is 52.3 Å². The normalized spacial score (nSPS) is 15.3. The van der Waals surface area contributed by atoms with E-state index in [0.717, 1.165) is 24.2 Å². The topological polar surface area (TPSA) is 75.4 Å². The molecular weight excluding hydrogens is 387 g/mol. The molecule has 1 fully saturated rings. The van der Waals surface area contributed by atoms with E-state index in [0.29, 0.717) is 35.2 Å². The van der Waals surface area contributed by atoms with Gasteiger partial charge in [0.25, 0.3) is 0 Å². The summed E-state index contributed by atoms with van der Waals surface area (Å²) >= 11 is 12.0. The van der Waals surface area contributed by atoms with Gasteiger partial charge in [0, 0.05) is 19.1 Å². The molecule has 1 aliphatic heterocycles. The molecule has 0 radical (unpaired) electrons. The molecule has 1 aromatic carbocycles. The van der Waals surface area contributed by atoms with Gasteiger partial charge in [-0.3, -0.25) is 4.79 Å². The summed E-state index contributed by atoms with van der Waals surface area (Å²) in [6, 6.07) is 9.36. The molecule has 27 heavy (non-hydrogen) atoms. The highest BCUT2D eigenvalue weighted by molar-refractivity contribution is 6.42. The zero-order chi connectivity index (χ0) is 18.8. The van der Waals surface area contributed by atoms with Gasteiger partial charge in [-0.15, -0.1) is 15.3 Å². The van der Waals surface area contributed by atoms with E-state index in [1.165, 1.54) is 0 Å². The van der Waals surface area contributed by atoms with Crippen LogP contribution in [-0.4, -0.2) is 49.7 Å². The van der Waals surface area contributed by atoms with Gasteiger partial charge in [0.05, 0.1) is 16.5 Å². The summed E-state index contributed by atoms with van der Waals surface area (Å²) in [4.78, 5) is 14.4. The standard InChI is InChI=1S/C18H18Cl2N6O/c19-14-2-1-12(9-15(14)20)10-18(27)25-7-5-13(6-8-25)22-16-3-4-17-23-21-11-26(17)24-16/h1-4,9,11,13H,5-8,10H2,(H,22,24). The fourth-order valence-electron chi connectivity index (χ4n) is 3.22. The first-order valence-corrected chi connectivity index (χ1v) is 9.49. The number of rotatable bonds is 4. The number of benzene rings is 1. The molecule has 1 N–H and O–H groups in total. The Kier molecular flexibility index (Phi) is 5.13. The van der Waals surface area contributed by atoms with E-state index in [1.807, 2.05) is 23.1 Å². The van der Waals surface area contributed by atoms with Crippen LogP contribution in [0.3, 0.4) is 0 Å². The molecule has 7 nitrogen and oxygen atoms in total. The van der Waals surface area contributed by atoms with E-state index in [4.69, 9.17) is 23.2 Å². The molecule has 140 valence electrons. The van der Waals surface area contributed by atoms with Crippen molar-refractivity contribution in [2.45, 2.75) is 25.3 Å². The molecule has 1 amide bonds. The lowest BCUT2D eigenvalue weighted by Crippen LogP contribution is -2.43. The summed E-state index contributed by atoms with van der Waals surface area (Å²) in [5.74, 6) is 0.888. The van der Waals surface area contributed by atoms with Crippen LogP contribution in [0, 0.1) is 0 Å². The average Bonchev–Trinajstić information content (AvgIpc) is 3.13. The molecule has 0 aliphatic carbocycles. The molecule has 1 aliphatic rings. The van der Waals surface area contributed by atoms with E-state index in [9.17, 15) is 4.79 Å². The van der Waals surface area contributed by atoms with Crippen LogP contribution in [0.5, 0.6) is 0 Å². The molecule has 4 rings (SSSR count). The minimum Gasteiger partial charge on any atom is -0.366 e. The number of piperidine rings is 1. The van der Waals surface area contributed by atoms with E-state index in [-0.39, 0.29) is 11.9 Å². The van der Waals surface area contributed by atoms with Crippen LogP contribution >= 0.6 is 23.2 Å². The van der Waals surface area contributed by atoms with E-state index in [2.05, 4.69) is 20.6 Å². The summed E-state index contributed by atoms with van der Waals surface area (Å²) in [5.41, 5.74) is 1.59. The largest absolute Gasteiger partial charge is 0.366 e. The minimum atomic E-state index is 0.107. The molecule has 3 aromatic rings. The average molecular weight is 405 g/mol. The van der Waals surface area contributed by atoms with Crippen molar-refractivity contribution in [1.82, 2.24) is 24.7 Å². The fraction of sp³-hybridized carbons (Fsp3) is 0.333. The summed E-state index contributed by atoms with van der Waals surface area (Å²) < 4.78 is 1.64. The van der Waals surface area contributed by atoms with Crippen molar-refractivity contribution >= 4 is 40.6 Å². The second-order valence-electron chi connectivity index (χ2n) is 6.58. The number of carbonyl (C=O) groups is 1. The second kappa shape index (κ2) is 7.70. The van der Waals surface area contributed by atoms with Gasteiger partial charge in [0.1, 0.15) is 12.1 Å². The van der Waals surface area contributed by atoms with Gasteiger partial charge >= 0.3 is 0 Å². The van der Waals surface area contributed by atoms with E-state index in [1.54, 1.807) is 23.0 Å². The van der Waals surface area contributed by atoms with Gasteiger partial charge in [-0.25, -0.2) is 0 Å². The third kappa shape index (κ3) is 4.14. The highest BCUT2D eigenvalue weighted by Gasteiger charge is 2.23. The van der Waals surface area contributed by atoms with Crippen LogP contribution in [0.2, 0.25) is 10.0 Å². The third-order valence-corrected chi connectivity index (χ3v) is 5.44. The second-order valence-corrected chi connectivity index (χ2v) is 7.39. The first-order chi connectivity index (χ1) is 13.1. The summed E-state index contributed by atoms with van der Waals surface area (Å²) in [7, 11) is 0. The molecule has 0 bridgehead atoms. The van der Waals surface area contributed by atoms with Crippen molar-refractivity contribution in [1.29, 1.82) is 0 Å². The van der Waals surface area contributed by atoms with Gasteiger partial charge in [-0.2, -0.15) is 4.52 Å². The van der Waals surface area contributed by atoms with Gasteiger partial charge in [-0.1, -0.05) is 29.3 Å². The Labute approximate surface area is 166 Å². The highest BCUT2D eigenvalue weighted by atomic mass is 35.5. The van der Waals surface area contributed by atoms with Gasteiger partial charge in [-0.05, 0) is 42.7 Å². The Morgan fingerprint density at radius 3 is 2.74 bits per heavy atom. The Bertz CT molecular complexity index is 967. The van der Waals surface area contributed by atoms with Crippen LogP contribution < -0.4 is 5.32 Å². The number of anilines is 1. The number of nitrogens with one attached hydrogen (secondary N) is 1. The van der Waals surface area contributed by atoms with Crippen molar-refractivity contribution in [2.75, 3.05) is 18.4 Å². The Morgan fingerprint density at radius 1 is 1.15 bits per heavy atom. The van der Waals surface area contributed by atoms with Gasteiger partial charge in [0.2, 0.25) is 5.91 Å². The Morgan fingerprint density at radius 2 is 1.96 bits per heavy atom. The van der Waals surface area contributed by atoms with Crippen molar-refractivity contribution in [2.24, 2.45) is 0 Å². The number of hydrogen-bond donors (Lipinski definition) is 1. The van der Waals surface area contributed by atoms with E-state index < -0.39 is 0 Å². The SMILES string of the molecule is O=C(Cc1ccc(Cl)c(Cl)c1)N1CCC(Nc2ccc3nncn3n2)CC1. The first kappa shape index (κ1) is 18.0. The maximum atomic E-state index is 12.5. The maximum absolute atomic E-state index is 12.5. The van der Waals surface area contributed by atoms with Crippen LogP contribution in [0.25, 0.3) is 5.65 Å². The van der Waals surface area contributed by atoms with Crippen LogP contribution in [0.1, 0.15) is 18.4 Å². The van der Waals surface area contributed by atoms with Crippen LogP contribution in [-0.2, 0) is 11.2 Å². The first-order valence-electron chi connectivity index (χ1n) is 8.74. The summed E-state index contributed by atoms with van der Waals surface area (Å²) in [5, 5.41) is 16.6. The van der Waals surface area contributed by atoms with Crippen molar-refractivity contribution < 1.29 is 4.79 Å². The lowest BCUT2D eigenvalue weighted by Gasteiger charge is -2.32.